The maximum atomic E-state index is 11.8. The van der Waals surface area contributed by atoms with Crippen molar-refractivity contribution in [3.8, 4) is 0 Å². The Hall–Kier alpha value is -0.240. The second-order valence-corrected chi connectivity index (χ2v) is 6.45. The van der Waals surface area contributed by atoms with Crippen LogP contribution in [0.5, 0.6) is 0 Å². The molecule has 0 spiro atoms. The maximum absolute atomic E-state index is 11.8. The average molecular weight is 268 g/mol. The predicted molar refractivity (Wildman–Crippen MR) is 68.9 cm³/mol. The van der Waals surface area contributed by atoms with Crippen molar-refractivity contribution in [1.82, 2.24) is 4.31 Å². The van der Waals surface area contributed by atoms with E-state index >= 15 is 0 Å². The summed E-state index contributed by atoms with van der Waals surface area (Å²) in [6.07, 6.45) is 0.0218. The highest BCUT2D eigenvalue weighted by molar-refractivity contribution is 7.89. The summed E-state index contributed by atoms with van der Waals surface area (Å²) in [5.41, 5.74) is 5.40. The summed E-state index contributed by atoms with van der Waals surface area (Å²) in [5, 5.41) is 0. The Bertz CT molecular complexity index is 328. The van der Waals surface area contributed by atoms with E-state index in [2.05, 4.69) is 0 Å². The molecule has 0 aliphatic rings. The van der Waals surface area contributed by atoms with Gasteiger partial charge < -0.3 is 10.5 Å². The van der Waals surface area contributed by atoms with Gasteiger partial charge in [0.2, 0.25) is 10.0 Å². The molecule has 0 aromatic heterocycles. The number of ether oxygens (including phenoxy) is 1. The highest BCUT2D eigenvalue weighted by Gasteiger charge is 2.24. The van der Waals surface area contributed by atoms with Crippen LogP contribution in [0.25, 0.3) is 0 Å². The van der Waals surface area contributed by atoms with Gasteiger partial charge in [-0.2, -0.15) is 4.31 Å². The molecule has 0 amide bonds. The topological polar surface area (TPSA) is 72.6 Å². The molecule has 0 saturated carbocycles. The first-order valence-electron chi connectivity index (χ1n) is 5.05. The molecule has 0 saturated heterocycles. The number of sulfonamides is 1. The van der Waals surface area contributed by atoms with E-state index in [1.807, 2.05) is 13.8 Å². The minimum atomic E-state index is -3.36. The minimum absolute atomic E-state index is 0.0218. The Balaban J connectivity index is 4.38. The zero-order valence-corrected chi connectivity index (χ0v) is 11.8. The normalized spacial score (nSPS) is 14.4. The lowest BCUT2D eigenvalue weighted by molar-refractivity contribution is 0.0907. The zero-order valence-electron chi connectivity index (χ0n) is 10.1. The van der Waals surface area contributed by atoms with Crippen LogP contribution in [0.15, 0.2) is 0 Å². The molecule has 0 aliphatic heterocycles. The number of nitrogens with zero attached hydrogens (tertiary/aromatic N) is 1. The van der Waals surface area contributed by atoms with Gasteiger partial charge in [-0.3, -0.25) is 0 Å². The number of thiocarbonyl (C=S) groups is 1. The van der Waals surface area contributed by atoms with Gasteiger partial charge in [-0.1, -0.05) is 12.2 Å². The Morgan fingerprint density at radius 2 is 1.94 bits per heavy atom. The average Bonchev–Trinajstić information content (AvgIpc) is 2.14. The lowest BCUT2D eigenvalue weighted by Gasteiger charge is -2.23. The van der Waals surface area contributed by atoms with Gasteiger partial charge in [-0.05, 0) is 20.8 Å². The van der Waals surface area contributed by atoms with E-state index in [1.54, 1.807) is 6.92 Å². The molecule has 16 heavy (non-hydrogen) atoms. The van der Waals surface area contributed by atoms with Gasteiger partial charge in [-0.25, -0.2) is 8.42 Å². The lowest BCUT2D eigenvalue weighted by Crippen LogP contribution is -2.44. The van der Waals surface area contributed by atoms with Gasteiger partial charge in [0.05, 0.1) is 29.5 Å². The molecule has 0 aliphatic carbocycles. The summed E-state index contributed by atoms with van der Waals surface area (Å²) in [7, 11) is -1.89. The summed E-state index contributed by atoms with van der Waals surface area (Å²) < 4.78 is 30.0. The molecular formula is C9H20N2O3S2. The van der Waals surface area contributed by atoms with E-state index < -0.39 is 16.1 Å². The molecular weight excluding hydrogens is 248 g/mol. The fourth-order valence-electron chi connectivity index (χ4n) is 0.953. The second kappa shape index (κ2) is 6.48. The molecule has 0 aromatic rings. The van der Waals surface area contributed by atoms with Crippen molar-refractivity contribution in [1.29, 1.82) is 0 Å². The molecule has 1 atom stereocenters. The number of likely N-dealkylation sites (N-methyl/N-ethyl adjacent to an activating group) is 1. The van der Waals surface area contributed by atoms with E-state index in [4.69, 9.17) is 22.7 Å². The van der Waals surface area contributed by atoms with Gasteiger partial charge >= 0.3 is 0 Å². The largest absolute Gasteiger partial charge is 0.392 e. The zero-order chi connectivity index (χ0) is 12.9. The van der Waals surface area contributed by atoms with Crippen molar-refractivity contribution in [2.24, 2.45) is 5.73 Å². The van der Waals surface area contributed by atoms with E-state index in [1.165, 1.54) is 11.4 Å². The van der Waals surface area contributed by atoms with Crippen LogP contribution in [-0.2, 0) is 14.8 Å². The van der Waals surface area contributed by atoms with Crippen molar-refractivity contribution >= 4 is 27.2 Å². The van der Waals surface area contributed by atoms with E-state index in [-0.39, 0.29) is 23.5 Å². The van der Waals surface area contributed by atoms with Crippen molar-refractivity contribution < 1.29 is 13.2 Å². The number of hydrogen-bond acceptors (Lipinski definition) is 4. The maximum Gasteiger partial charge on any atom is 0.216 e. The van der Waals surface area contributed by atoms with Crippen LogP contribution >= 0.6 is 12.2 Å². The predicted octanol–water partition coefficient (Wildman–Crippen LogP) is 0.348. The molecule has 0 rings (SSSR count). The van der Waals surface area contributed by atoms with Crippen LogP contribution in [0.3, 0.4) is 0 Å². The molecule has 7 heteroatoms. The van der Waals surface area contributed by atoms with Gasteiger partial charge in [0.1, 0.15) is 0 Å². The molecule has 0 bridgehead atoms. The smallest absolute Gasteiger partial charge is 0.216 e. The fraction of sp³-hybridized carbons (Fsp3) is 0.889. The van der Waals surface area contributed by atoms with Gasteiger partial charge in [0.15, 0.2) is 0 Å². The SMILES string of the molecule is CC(C)OCCS(=O)(=O)N(C)C(C)C(N)=S. The first-order chi connectivity index (χ1) is 7.18. The van der Waals surface area contributed by atoms with E-state index in [0.29, 0.717) is 0 Å². The highest BCUT2D eigenvalue weighted by Crippen LogP contribution is 2.05. The van der Waals surface area contributed by atoms with Crippen LogP contribution in [0, 0.1) is 0 Å². The van der Waals surface area contributed by atoms with Crippen molar-refractivity contribution in [3.05, 3.63) is 0 Å². The van der Waals surface area contributed by atoms with Crippen LogP contribution in [0.1, 0.15) is 20.8 Å². The standard InChI is InChI=1S/C9H20N2O3S2/c1-7(2)14-5-6-16(12,13)11(4)8(3)9(10)15/h7-8H,5-6H2,1-4H3,(H2,10,15). The Morgan fingerprint density at radius 1 is 1.44 bits per heavy atom. The third kappa shape index (κ3) is 5.20. The molecule has 0 fully saturated rings. The highest BCUT2D eigenvalue weighted by atomic mass is 32.2. The summed E-state index contributed by atoms with van der Waals surface area (Å²) in [4.78, 5) is 0.163. The van der Waals surface area contributed by atoms with Gasteiger partial charge in [0, 0.05) is 7.05 Å². The second-order valence-electron chi connectivity index (χ2n) is 3.83. The Kier molecular flexibility index (Phi) is 6.39. The third-order valence-electron chi connectivity index (χ3n) is 2.19. The van der Waals surface area contributed by atoms with Gasteiger partial charge in [0.25, 0.3) is 0 Å². The molecule has 96 valence electrons. The van der Waals surface area contributed by atoms with Crippen LogP contribution in [0.2, 0.25) is 0 Å². The third-order valence-corrected chi connectivity index (χ3v) is 4.41. The first kappa shape index (κ1) is 15.8. The number of nitrogens with two attached hydrogens (primary N) is 1. The van der Waals surface area contributed by atoms with Crippen molar-refractivity contribution in [2.45, 2.75) is 32.9 Å². The molecule has 0 heterocycles. The molecule has 0 aromatic carbocycles. The van der Waals surface area contributed by atoms with Gasteiger partial charge in [-0.15, -0.1) is 0 Å². The quantitative estimate of drug-likeness (QED) is 0.674. The van der Waals surface area contributed by atoms with Crippen LogP contribution < -0.4 is 5.73 Å². The van der Waals surface area contributed by atoms with E-state index in [0.717, 1.165) is 0 Å². The summed E-state index contributed by atoms with van der Waals surface area (Å²) >= 11 is 4.76. The molecule has 2 N–H and O–H groups in total. The minimum Gasteiger partial charge on any atom is -0.392 e. The Labute approximate surface area is 103 Å². The lowest BCUT2D eigenvalue weighted by atomic mass is 10.3. The summed E-state index contributed by atoms with van der Waals surface area (Å²) in [5.74, 6) is -0.0609. The van der Waals surface area contributed by atoms with Crippen molar-refractivity contribution in [2.75, 3.05) is 19.4 Å². The molecule has 0 radical (unpaired) electrons. The molecule has 1 unspecified atom stereocenters. The Morgan fingerprint density at radius 3 is 2.31 bits per heavy atom. The first-order valence-corrected chi connectivity index (χ1v) is 7.07. The fourth-order valence-corrected chi connectivity index (χ4v) is 2.37. The molecule has 5 nitrogen and oxygen atoms in total. The van der Waals surface area contributed by atoms with E-state index in [9.17, 15) is 8.42 Å². The number of hydrogen-bond donors (Lipinski definition) is 1. The van der Waals surface area contributed by atoms with Crippen molar-refractivity contribution in [3.63, 3.8) is 0 Å². The number of rotatable bonds is 7. The van der Waals surface area contributed by atoms with Crippen LogP contribution in [-0.4, -0.2) is 49.3 Å². The summed E-state index contributed by atoms with van der Waals surface area (Å²) in [6, 6.07) is -0.473. The summed E-state index contributed by atoms with van der Waals surface area (Å²) in [6.45, 7) is 5.54. The van der Waals surface area contributed by atoms with Crippen LogP contribution in [0.4, 0.5) is 0 Å². The monoisotopic (exact) mass is 268 g/mol.